The molecule has 0 aliphatic rings. The van der Waals surface area contributed by atoms with E-state index in [-0.39, 0.29) is 38.0 Å². The first-order chi connectivity index (χ1) is 33.0. The molecule has 6 nitrogen and oxygen atoms in total. The van der Waals surface area contributed by atoms with Crippen molar-refractivity contribution in [2.24, 2.45) is 0 Å². The Morgan fingerprint density at radius 1 is 0.313 bits per heavy atom. The molecule has 0 spiro atoms. The molecular weight excluding hydrogens is 829 g/mol. The van der Waals surface area contributed by atoms with Crippen molar-refractivity contribution in [3.63, 3.8) is 0 Å². The minimum atomic E-state index is -0.847. The van der Waals surface area contributed by atoms with E-state index in [1.807, 2.05) is 36.5 Å². The van der Waals surface area contributed by atoms with E-state index in [2.05, 4.69) is 154 Å². The summed E-state index contributed by atoms with van der Waals surface area (Å²) in [5, 5.41) is 0. The molecule has 0 aromatic rings. The highest BCUT2D eigenvalue weighted by Crippen LogP contribution is 2.10. The Labute approximate surface area is 409 Å². The van der Waals surface area contributed by atoms with Gasteiger partial charge in [-0.3, -0.25) is 14.4 Å². The van der Waals surface area contributed by atoms with Gasteiger partial charge < -0.3 is 14.2 Å². The summed E-state index contributed by atoms with van der Waals surface area (Å²) >= 11 is 0. The second-order valence-electron chi connectivity index (χ2n) is 16.0. The topological polar surface area (TPSA) is 78.9 Å². The molecule has 0 bridgehead atoms. The summed E-state index contributed by atoms with van der Waals surface area (Å²) in [6.45, 7) is 6.12. The fourth-order valence-corrected chi connectivity index (χ4v) is 6.04. The average Bonchev–Trinajstić information content (AvgIpc) is 3.33. The molecule has 370 valence electrons. The van der Waals surface area contributed by atoms with E-state index >= 15 is 0 Å². The van der Waals surface area contributed by atoms with Crippen molar-refractivity contribution < 1.29 is 28.6 Å². The first-order valence-corrected chi connectivity index (χ1v) is 25.7. The predicted molar refractivity (Wildman–Crippen MR) is 288 cm³/mol. The van der Waals surface area contributed by atoms with E-state index in [0.717, 1.165) is 122 Å². The van der Waals surface area contributed by atoms with Crippen LogP contribution >= 0.6 is 0 Å². The molecule has 6 heteroatoms. The van der Waals surface area contributed by atoms with E-state index in [9.17, 15) is 14.4 Å². The molecule has 0 saturated heterocycles. The zero-order valence-corrected chi connectivity index (χ0v) is 42.1. The van der Waals surface area contributed by atoms with Gasteiger partial charge in [-0.25, -0.2) is 0 Å². The van der Waals surface area contributed by atoms with Crippen molar-refractivity contribution in [3.8, 4) is 0 Å². The van der Waals surface area contributed by atoms with Crippen molar-refractivity contribution in [1.82, 2.24) is 0 Å². The molecule has 0 aliphatic carbocycles. The largest absolute Gasteiger partial charge is 0.462 e. The highest BCUT2D eigenvalue weighted by molar-refractivity contribution is 5.71. The van der Waals surface area contributed by atoms with Crippen LogP contribution in [0.4, 0.5) is 0 Å². The normalized spacial score (nSPS) is 13.5. The fraction of sp³-hybridized carbons (Fsp3) is 0.492. The fourth-order valence-electron chi connectivity index (χ4n) is 6.04. The van der Waals surface area contributed by atoms with Gasteiger partial charge in [-0.1, -0.05) is 204 Å². The van der Waals surface area contributed by atoms with E-state index in [0.29, 0.717) is 19.3 Å². The first kappa shape index (κ1) is 61.8. The third-order valence-electron chi connectivity index (χ3n) is 9.79. The number of carbonyl (C=O) groups is 3. The van der Waals surface area contributed by atoms with E-state index in [1.54, 1.807) is 0 Å². The second kappa shape index (κ2) is 53.4. The molecule has 0 saturated carbocycles. The van der Waals surface area contributed by atoms with Crippen molar-refractivity contribution in [2.45, 2.75) is 181 Å². The van der Waals surface area contributed by atoms with Gasteiger partial charge in [-0.05, 0) is 122 Å². The van der Waals surface area contributed by atoms with Crippen molar-refractivity contribution >= 4 is 17.9 Å². The summed E-state index contributed by atoms with van der Waals surface area (Å²) in [4.78, 5) is 38.0. The molecule has 0 aromatic heterocycles. The van der Waals surface area contributed by atoms with Crippen LogP contribution in [0.3, 0.4) is 0 Å². The van der Waals surface area contributed by atoms with Crippen LogP contribution in [-0.4, -0.2) is 37.2 Å². The maximum Gasteiger partial charge on any atom is 0.306 e. The summed E-state index contributed by atoms with van der Waals surface area (Å²) < 4.78 is 16.7. The highest BCUT2D eigenvalue weighted by Gasteiger charge is 2.19. The Hall–Kier alpha value is -5.23. The molecular formula is C61H90O6. The average molecular weight is 919 g/mol. The number of allylic oxidation sites excluding steroid dienone is 28. The third-order valence-corrected chi connectivity index (χ3v) is 9.79. The third kappa shape index (κ3) is 51.6. The monoisotopic (exact) mass is 919 g/mol. The number of unbranched alkanes of at least 4 members (excludes halogenated alkanes) is 7. The SMILES string of the molecule is CC\C=C/C=C\C=C/C=C\CCCCCC(=O)OCC(COC(=O)CCCCC/C=C\C/C=C\C/C=C\C/C=C\C/C=C\CC)OC(=O)CCC/C=C\C/C=C\C/C=C\C/C=C\C/C=C\CC. The van der Waals surface area contributed by atoms with Gasteiger partial charge in [-0.2, -0.15) is 0 Å². The Morgan fingerprint density at radius 2 is 0.627 bits per heavy atom. The lowest BCUT2D eigenvalue weighted by atomic mass is 10.1. The quantitative estimate of drug-likeness (QED) is 0.0199. The van der Waals surface area contributed by atoms with Crippen LogP contribution in [0, 0.1) is 0 Å². The number of hydrogen-bond donors (Lipinski definition) is 0. The first-order valence-electron chi connectivity index (χ1n) is 25.7. The molecule has 0 N–H and O–H groups in total. The Balaban J connectivity index is 4.63. The number of carbonyl (C=O) groups excluding carboxylic acids is 3. The Bertz CT molecular complexity index is 1620. The van der Waals surface area contributed by atoms with Gasteiger partial charge in [0.1, 0.15) is 13.2 Å². The molecule has 0 amide bonds. The molecule has 0 rings (SSSR count). The van der Waals surface area contributed by atoms with Crippen LogP contribution in [0.5, 0.6) is 0 Å². The van der Waals surface area contributed by atoms with Gasteiger partial charge in [0.15, 0.2) is 6.10 Å². The van der Waals surface area contributed by atoms with Gasteiger partial charge in [0, 0.05) is 19.3 Å². The second-order valence-corrected chi connectivity index (χ2v) is 16.0. The Morgan fingerprint density at radius 3 is 1.03 bits per heavy atom. The number of hydrogen-bond acceptors (Lipinski definition) is 6. The van der Waals surface area contributed by atoms with Crippen LogP contribution < -0.4 is 0 Å². The lowest BCUT2D eigenvalue weighted by Crippen LogP contribution is -2.30. The molecule has 0 aromatic carbocycles. The number of rotatable bonds is 43. The minimum absolute atomic E-state index is 0.140. The predicted octanol–water partition coefficient (Wildman–Crippen LogP) is 17.2. The molecule has 0 fully saturated rings. The van der Waals surface area contributed by atoms with Crippen LogP contribution in [0.25, 0.3) is 0 Å². The lowest BCUT2D eigenvalue weighted by Gasteiger charge is -2.18. The molecule has 67 heavy (non-hydrogen) atoms. The smallest absolute Gasteiger partial charge is 0.306 e. The number of ether oxygens (including phenoxy) is 3. The van der Waals surface area contributed by atoms with Crippen molar-refractivity contribution in [2.75, 3.05) is 13.2 Å². The zero-order chi connectivity index (χ0) is 48.6. The molecule has 0 radical (unpaired) electrons. The zero-order valence-electron chi connectivity index (χ0n) is 42.1. The Kier molecular flexibility index (Phi) is 49.2. The highest BCUT2D eigenvalue weighted by atomic mass is 16.6. The van der Waals surface area contributed by atoms with Crippen LogP contribution in [0.2, 0.25) is 0 Å². The maximum atomic E-state index is 12.8. The standard InChI is InChI=1S/C61H90O6/c1-4-7-10-13-16-19-22-25-27-29-30-32-33-36-39-42-45-48-51-54-60(63)66-57-58(56-65-59(62)53-50-47-44-41-38-35-24-21-18-15-12-9-6-3)67-61(64)55-52-49-46-43-40-37-34-31-28-26-23-20-17-14-11-8-5-2/h7-12,15-21,24-28,30,32,34-39,43,46,58H,4-6,13-14,22-23,29,31,33,40-42,44-45,47-57H2,1-3H3/b10-7-,11-8-,12-9-,18-15-,19-16-,20-17-,24-21-,27-25-,28-26-,32-30-,37-34-,38-35-,39-36-,46-43-. The van der Waals surface area contributed by atoms with Gasteiger partial charge in [-0.15, -0.1) is 0 Å². The summed E-state index contributed by atoms with van der Waals surface area (Å²) in [7, 11) is 0. The van der Waals surface area contributed by atoms with E-state index in [4.69, 9.17) is 14.2 Å². The van der Waals surface area contributed by atoms with Crippen LogP contribution in [0.15, 0.2) is 170 Å². The van der Waals surface area contributed by atoms with Crippen molar-refractivity contribution in [3.05, 3.63) is 170 Å². The van der Waals surface area contributed by atoms with Gasteiger partial charge >= 0.3 is 17.9 Å². The number of esters is 3. The summed E-state index contributed by atoms with van der Waals surface area (Å²) in [6, 6.07) is 0. The molecule has 1 atom stereocenters. The minimum Gasteiger partial charge on any atom is -0.462 e. The maximum absolute atomic E-state index is 12.8. The van der Waals surface area contributed by atoms with Crippen LogP contribution in [0.1, 0.15) is 175 Å². The summed E-state index contributed by atoms with van der Waals surface area (Å²) in [6.07, 6.45) is 79.1. The van der Waals surface area contributed by atoms with Crippen molar-refractivity contribution in [1.29, 1.82) is 0 Å². The lowest BCUT2D eigenvalue weighted by molar-refractivity contribution is -0.167. The van der Waals surface area contributed by atoms with Gasteiger partial charge in [0.2, 0.25) is 0 Å². The van der Waals surface area contributed by atoms with Gasteiger partial charge in [0.05, 0.1) is 0 Å². The molecule has 0 aliphatic heterocycles. The van der Waals surface area contributed by atoms with Crippen LogP contribution in [-0.2, 0) is 28.6 Å². The van der Waals surface area contributed by atoms with Gasteiger partial charge in [0.25, 0.3) is 0 Å². The summed E-state index contributed by atoms with van der Waals surface area (Å²) in [5.74, 6) is -1.09. The summed E-state index contributed by atoms with van der Waals surface area (Å²) in [5.41, 5.74) is 0. The molecule has 0 heterocycles. The molecule has 1 unspecified atom stereocenters. The van der Waals surface area contributed by atoms with E-state index in [1.165, 1.54) is 0 Å². The van der Waals surface area contributed by atoms with E-state index < -0.39 is 12.1 Å².